The van der Waals surface area contributed by atoms with Gasteiger partial charge in [0.1, 0.15) is 5.92 Å². The van der Waals surface area contributed by atoms with Gasteiger partial charge in [0.25, 0.3) is 5.91 Å². The van der Waals surface area contributed by atoms with E-state index >= 15 is 0 Å². The molecule has 0 aliphatic carbocycles. The van der Waals surface area contributed by atoms with Crippen LogP contribution in [0, 0.1) is 5.92 Å². The number of primary amides is 1. The molecule has 11 heavy (non-hydrogen) atoms. The monoisotopic (exact) mass is 155 g/mol. The highest BCUT2D eigenvalue weighted by Crippen LogP contribution is 2.07. The van der Waals surface area contributed by atoms with Gasteiger partial charge in [-0.05, 0) is 6.92 Å². The molecule has 5 nitrogen and oxygen atoms in total. The number of hydrogen-bond acceptors (Lipinski definition) is 3. The number of nitrogens with one attached hydrogen (secondary N) is 1. The van der Waals surface area contributed by atoms with Crippen LogP contribution in [0.2, 0.25) is 0 Å². The summed E-state index contributed by atoms with van der Waals surface area (Å²) in [6, 6.07) is 0. The van der Waals surface area contributed by atoms with E-state index in [1.807, 2.05) is 0 Å². The van der Waals surface area contributed by atoms with Crippen LogP contribution in [-0.2, 0) is 9.59 Å². The third-order valence-corrected chi connectivity index (χ3v) is 1.52. The third kappa shape index (κ3) is 1.54. The molecule has 0 aromatic carbocycles. The summed E-state index contributed by atoms with van der Waals surface area (Å²) in [7, 11) is 0. The zero-order chi connectivity index (χ0) is 8.43. The lowest BCUT2D eigenvalue weighted by molar-refractivity contribution is -0.133. The lowest BCUT2D eigenvalue weighted by Gasteiger charge is -2.15. The van der Waals surface area contributed by atoms with Crippen molar-refractivity contribution in [3.05, 3.63) is 0 Å². The molecule has 1 aliphatic heterocycles. The molecule has 60 valence electrons. The first-order valence-corrected chi connectivity index (χ1v) is 3.23. The molecule has 0 aromatic heterocycles. The number of carbonyl (C=O) groups excluding carboxylic acids is 2. The van der Waals surface area contributed by atoms with Gasteiger partial charge in [0.05, 0.1) is 0 Å². The standard InChI is InChI=1S/C6H9N3O2/c1-3-2-4(5(7)10)6(11)9-8-3/h4H,2H2,1H3,(H2,7,10)(H,9,11)/t4-/m0/s1. The summed E-state index contributed by atoms with van der Waals surface area (Å²) in [5.41, 5.74) is 7.89. The minimum absolute atomic E-state index is 0.334. The Bertz CT molecular complexity index is 234. The first-order chi connectivity index (χ1) is 5.11. The van der Waals surface area contributed by atoms with Crippen molar-refractivity contribution in [3.63, 3.8) is 0 Å². The predicted molar refractivity (Wildman–Crippen MR) is 38.6 cm³/mol. The van der Waals surface area contributed by atoms with Gasteiger partial charge < -0.3 is 5.73 Å². The highest BCUT2D eigenvalue weighted by molar-refractivity contribution is 6.05. The largest absolute Gasteiger partial charge is 0.369 e. The summed E-state index contributed by atoms with van der Waals surface area (Å²) < 4.78 is 0. The van der Waals surface area contributed by atoms with Crippen molar-refractivity contribution in [1.29, 1.82) is 0 Å². The molecule has 0 radical (unpaired) electrons. The molecular formula is C6H9N3O2. The van der Waals surface area contributed by atoms with Gasteiger partial charge in [-0.2, -0.15) is 5.10 Å². The molecular weight excluding hydrogens is 146 g/mol. The summed E-state index contributed by atoms with van der Waals surface area (Å²) in [6.45, 7) is 1.73. The molecule has 0 saturated carbocycles. The Hall–Kier alpha value is -1.39. The van der Waals surface area contributed by atoms with E-state index in [0.717, 1.165) is 0 Å². The fourth-order valence-electron chi connectivity index (χ4n) is 0.892. The normalized spacial score (nSPS) is 23.9. The Kier molecular flexibility index (Phi) is 1.89. The summed E-state index contributed by atoms with van der Waals surface area (Å²) in [6.07, 6.45) is 0.334. The number of hydrogen-bond donors (Lipinski definition) is 2. The predicted octanol–water partition coefficient (Wildman–Crippen LogP) is -1.02. The van der Waals surface area contributed by atoms with Crippen LogP contribution < -0.4 is 11.2 Å². The van der Waals surface area contributed by atoms with E-state index in [0.29, 0.717) is 12.1 Å². The molecule has 0 bridgehead atoms. The lowest BCUT2D eigenvalue weighted by Crippen LogP contribution is -2.41. The maximum atomic E-state index is 10.9. The maximum Gasteiger partial charge on any atom is 0.253 e. The maximum absolute atomic E-state index is 10.9. The van der Waals surface area contributed by atoms with E-state index in [4.69, 9.17) is 5.73 Å². The molecule has 1 rings (SSSR count). The second-order valence-electron chi connectivity index (χ2n) is 2.48. The van der Waals surface area contributed by atoms with Gasteiger partial charge in [-0.25, -0.2) is 5.43 Å². The van der Waals surface area contributed by atoms with Gasteiger partial charge in [0.2, 0.25) is 5.91 Å². The number of hydrazone groups is 1. The number of nitrogens with zero attached hydrogens (tertiary/aromatic N) is 1. The van der Waals surface area contributed by atoms with Crippen molar-refractivity contribution >= 4 is 17.5 Å². The first-order valence-electron chi connectivity index (χ1n) is 3.23. The molecule has 0 aromatic rings. The average Bonchev–Trinajstić information content (AvgIpc) is 1.94. The third-order valence-electron chi connectivity index (χ3n) is 1.52. The fraction of sp³-hybridized carbons (Fsp3) is 0.500. The van der Waals surface area contributed by atoms with Gasteiger partial charge in [-0.3, -0.25) is 9.59 Å². The van der Waals surface area contributed by atoms with Crippen molar-refractivity contribution in [2.45, 2.75) is 13.3 Å². The second kappa shape index (κ2) is 2.69. The Morgan fingerprint density at radius 1 is 1.82 bits per heavy atom. The molecule has 2 amide bonds. The minimum Gasteiger partial charge on any atom is -0.369 e. The van der Waals surface area contributed by atoms with Crippen LogP contribution >= 0.6 is 0 Å². The smallest absolute Gasteiger partial charge is 0.253 e. The SMILES string of the molecule is CC1=NNC(=O)[C@H](C(N)=O)C1. The molecule has 0 unspecified atom stereocenters. The topological polar surface area (TPSA) is 84.6 Å². The van der Waals surface area contributed by atoms with Crippen molar-refractivity contribution in [2.75, 3.05) is 0 Å². The minimum atomic E-state index is -0.743. The highest BCUT2D eigenvalue weighted by Gasteiger charge is 2.27. The van der Waals surface area contributed by atoms with Crippen molar-refractivity contribution in [2.24, 2.45) is 16.8 Å². The van der Waals surface area contributed by atoms with Crippen LogP contribution in [-0.4, -0.2) is 17.5 Å². The summed E-state index contributed by atoms with van der Waals surface area (Å²) in [5.74, 6) is -1.76. The van der Waals surface area contributed by atoms with E-state index in [9.17, 15) is 9.59 Å². The van der Waals surface area contributed by atoms with Gasteiger partial charge in [-0.15, -0.1) is 0 Å². The second-order valence-corrected chi connectivity index (χ2v) is 2.48. The zero-order valence-electron chi connectivity index (χ0n) is 6.13. The van der Waals surface area contributed by atoms with Gasteiger partial charge in [-0.1, -0.05) is 0 Å². The molecule has 1 aliphatic rings. The summed E-state index contributed by atoms with van der Waals surface area (Å²) in [4.78, 5) is 21.5. The van der Waals surface area contributed by atoms with E-state index in [2.05, 4.69) is 10.5 Å². The molecule has 0 saturated heterocycles. The number of carbonyl (C=O) groups is 2. The van der Waals surface area contributed by atoms with Crippen LogP contribution in [0.4, 0.5) is 0 Å². The van der Waals surface area contributed by atoms with Gasteiger partial charge >= 0.3 is 0 Å². The van der Waals surface area contributed by atoms with Crippen LogP contribution in [0.3, 0.4) is 0 Å². The molecule has 0 fully saturated rings. The van der Waals surface area contributed by atoms with E-state index in [1.165, 1.54) is 0 Å². The Morgan fingerprint density at radius 3 is 2.91 bits per heavy atom. The number of amides is 2. The van der Waals surface area contributed by atoms with Crippen LogP contribution in [0.15, 0.2) is 5.10 Å². The van der Waals surface area contributed by atoms with Crippen molar-refractivity contribution in [3.8, 4) is 0 Å². The fourth-order valence-corrected chi connectivity index (χ4v) is 0.892. The zero-order valence-corrected chi connectivity index (χ0v) is 6.13. The number of nitrogens with two attached hydrogens (primary N) is 1. The Labute approximate surface area is 63.6 Å². The molecule has 0 spiro atoms. The van der Waals surface area contributed by atoms with E-state index < -0.39 is 17.7 Å². The molecule has 3 N–H and O–H groups in total. The quantitative estimate of drug-likeness (QED) is 0.475. The van der Waals surface area contributed by atoms with Crippen LogP contribution in [0.1, 0.15) is 13.3 Å². The molecule has 1 atom stereocenters. The number of rotatable bonds is 1. The van der Waals surface area contributed by atoms with E-state index in [-0.39, 0.29) is 0 Å². The van der Waals surface area contributed by atoms with Gasteiger partial charge in [0, 0.05) is 12.1 Å². The average molecular weight is 155 g/mol. The molecule has 1 heterocycles. The summed E-state index contributed by atoms with van der Waals surface area (Å²) in [5, 5.41) is 3.65. The Morgan fingerprint density at radius 2 is 2.45 bits per heavy atom. The van der Waals surface area contributed by atoms with Crippen LogP contribution in [0.25, 0.3) is 0 Å². The van der Waals surface area contributed by atoms with Crippen molar-refractivity contribution < 1.29 is 9.59 Å². The van der Waals surface area contributed by atoms with E-state index in [1.54, 1.807) is 6.92 Å². The Balaban J connectivity index is 2.76. The van der Waals surface area contributed by atoms with Gasteiger partial charge in [0.15, 0.2) is 0 Å². The summed E-state index contributed by atoms with van der Waals surface area (Å²) >= 11 is 0. The van der Waals surface area contributed by atoms with Crippen molar-refractivity contribution in [1.82, 2.24) is 5.43 Å². The lowest BCUT2D eigenvalue weighted by atomic mass is 10.0. The first kappa shape index (κ1) is 7.71. The van der Waals surface area contributed by atoms with Crippen LogP contribution in [0.5, 0.6) is 0 Å². The highest BCUT2D eigenvalue weighted by atomic mass is 16.2. The molecule has 5 heteroatoms.